The van der Waals surface area contributed by atoms with E-state index < -0.39 is 36.7 Å². The molecule has 0 aromatic rings. The SMILES string of the molecule is O=C(O)CN1CCN(CC(=O)O)CCN(CC(O)CO)C(CO)CN(CC(=O)O)CC1. The zero-order valence-electron chi connectivity index (χ0n) is 17.5. The van der Waals surface area contributed by atoms with Gasteiger partial charge >= 0.3 is 17.9 Å². The average molecular weight is 450 g/mol. The lowest BCUT2D eigenvalue weighted by molar-refractivity contribution is -0.141. The van der Waals surface area contributed by atoms with Crippen molar-refractivity contribution in [2.75, 3.05) is 85.2 Å². The van der Waals surface area contributed by atoms with Crippen molar-refractivity contribution in [3.63, 3.8) is 0 Å². The van der Waals surface area contributed by atoms with Crippen LogP contribution >= 0.6 is 0 Å². The van der Waals surface area contributed by atoms with Crippen LogP contribution in [0.25, 0.3) is 0 Å². The Hall–Kier alpha value is -1.87. The van der Waals surface area contributed by atoms with Gasteiger partial charge in [0.2, 0.25) is 0 Å². The van der Waals surface area contributed by atoms with Gasteiger partial charge in [-0.3, -0.25) is 34.0 Å². The Kier molecular flexibility index (Phi) is 12.5. The molecule has 13 nitrogen and oxygen atoms in total. The summed E-state index contributed by atoms with van der Waals surface area (Å²) in [6.07, 6.45) is -1.08. The lowest BCUT2D eigenvalue weighted by Gasteiger charge is -2.38. The molecule has 2 atom stereocenters. The summed E-state index contributed by atoms with van der Waals surface area (Å²) in [5.74, 6) is -3.15. The van der Waals surface area contributed by atoms with Crippen molar-refractivity contribution < 1.29 is 45.0 Å². The van der Waals surface area contributed by atoms with Gasteiger partial charge in [-0.1, -0.05) is 0 Å². The second-order valence-electron chi connectivity index (χ2n) is 7.64. The van der Waals surface area contributed by atoms with Gasteiger partial charge in [0.15, 0.2) is 0 Å². The van der Waals surface area contributed by atoms with Crippen LogP contribution in [0, 0.1) is 0 Å². The quantitative estimate of drug-likeness (QED) is 0.190. The minimum atomic E-state index is -1.08. The van der Waals surface area contributed by atoms with Gasteiger partial charge in [0.25, 0.3) is 0 Å². The number of carboxylic acid groups (broad SMARTS) is 3. The highest BCUT2D eigenvalue weighted by Crippen LogP contribution is 2.08. The Morgan fingerprint density at radius 1 is 0.742 bits per heavy atom. The van der Waals surface area contributed by atoms with E-state index in [-0.39, 0.29) is 78.6 Å². The molecule has 180 valence electrons. The molecule has 6 N–H and O–H groups in total. The van der Waals surface area contributed by atoms with Gasteiger partial charge in [0.1, 0.15) is 0 Å². The van der Waals surface area contributed by atoms with E-state index in [4.69, 9.17) is 5.11 Å². The van der Waals surface area contributed by atoms with Crippen LogP contribution in [0.5, 0.6) is 0 Å². The normalized spacial score (nSPS) is 22.4. The van der Waals surface area contributed by atoms with Gasteiger partial charge in [-0.25, -0.2) is 0 Å². The first-order chi connectivity index (χ1) is 14.6. The maximum absolute atomic E-state index is 11.3. The molecule has 0 aliphatic carbocycles. The van der Waals surface area contributed by atoms with Crippen LogP contribution in [0.4, 0.5) is 0 Å². The first kappa shape index (κ1) is 27.2. The molecule has 2 unspecified atom stereocenters. The first-order valence-electron chi connectivity index (χ1n) is 10.1. The van der Waals surface area contributed by atoms with E-state index in [1.807, 2.05) is 0 Å². The van der Waals surface area contributed by atoms with Crippen LogP contribution in [0.1, 0.15) is 0 Å². The van der Waals surface area contributed by atoms with Crippen molar-refractivity contribution in [1.29, 1.82) is 0 Å². The number of aliphatic carboxylic acids is 3. The first-order valence-corrected chi connectivity index (χ1v) is 10.1. The number of rotatable bonds is 10. The fourth-order valence-corrected chi connectivity index (χ4v) is 3.52. The molecule has 1 saturated heterocycles. The summed E-state index contributed by atoms with van der Waals surface area (Å²) >= 11 is 0. The van der Waals surface area contributed by atoms with Gasteiger partial charge in [-0.05, 0) is 0 Å². The van der Waals surface area contributed by atoms with Crippen molar-refractivity contribution >= 4 is 17.9 Å². The number of carbonyl (C=O) groups is 3. The van der Waals surface area contributed by atoms with E-state index in [0.29, 0.717) is 0 Å². The van der Waals surface area contributed by atoms with Crippen molar-refractivity contribution in [2.24, 2.45) is 0 Å². The van der Waals surface area contributed by atoms with Gasteiger partial charge in [-0.2, -0.15) is 0 Å². The summed E-state index contributed by atoms with van der Waals surface area (Å²) in [6, 6.07) is -0.570. The molecular formula is C18H34N4O9. The molecule has 0 spiro atoms. The second-order valence-corrected chi connectivity index (χ2v) is 7.64. The highest BCUT2D eigenvalue weighted by atomic mass is 16.4. The van der Waals surface area contributed by atoms with Crippen LogP contribution in [-0.4, -0.2) is 165 Å². The summed E-state index contributed by atoms with van der Waals surface area (Å²) < 4.78 is 0. The molecular weight excluding hydrogens is 416 g/mol. The standard InChI is InChI=1S/C18H34N4O9/c23-12-14-7-21(11-18(30)31)4-3-19(9-16(26)27)1-2-20(10-17(28)29)5-6-22(14)8-15(25)13-24/h14-15,23-25H,1-13H2,(H,26,27)(H,28,29)(H,30,31). The molecule has 1 fully saturated rings. The highest BCUT2D eigenvalue weighted by Gasteiger charge is 2.26. The van der Waals surface area contributed by atoms with Crippen LogP contribution in [-0.2, 0) is 14.4 Å². The molecule has 0 bridgehead atoms. The lowest BCUT2D eigenvalue weighted by Crippen LogP contribution is -2.54. The van der Waals surface area contributed by atoms with Gasteiger partial charge in [-0.15, -0.1) is 0 Å². The third kappa shape index (κ3) is 11.4. The number of aliphatic hydroxyl groups is 3. The van der Waals surface area contributed by atoms with Crippen molar-refractivity contribution in [1.82, 2.24) is 19.6 Å². The average Bonchev–Trinajstić information content (AvgIpc) is 2.68. The summed E-state index contributed by atoms with van der Waals surface area (Å²) in [5.41, 5.74) is 0. The fourth-order valence-electron chi connectivity index (χ4n) is 3.52. The molecule has 0 aromatic heterocycles. The molecule has 31 heavy (non-hydrogen) atoms. The molecule has 1 rings (SSSR count). The van der Waals surface area contributed by atoms with E-state index in [2.05, 4.69) is 0 Å². The number of hydrogen-bond donors (Lipinski definition) is 6. The van der Waals surface area contributed by atoms with Crippen LogP contribution in [0.2, 0.25) is 0 Å². The van der Waals surface area contributed by atoms with E-state index in [1.165, 1.54) is 0 Å². The topological polar surface area (TPSA) is 186 Å². The van der Waals surface area contributed by atoms with Gasteiger partial charge in [0.05, 0.1) is 39.0 Å². The third-order valence-electron chi connectivity index (χ3n) is 5.10. The molecule has 0 aromatic carbocycles. The predicted octanol–water partition coefficient (Wildman–Crippen LogP) is -3.82. The number of β-amino-alcohol motifs (C(OH)–C–C–N with tert-alkyl or cyclic N) is 1. The Morgan fingerprint density at radius 2 is 1.16 bits per heavy atom. The van der Waals surface area contributed by atoms with Crippen molar-refractivity contribution in [3.8, 4) is 0 Å². The lowest BCUT2D eigenvalue weighted by atomic mass is 10.2. The molecule has 0 amide bonds. The number of aliphatic hydroxyl groups excluding tert-OH is 3. The fraction of sp³-hybridized carbons (Fsp3) is 0.833. The molecule has 0 saturated carbocycles. The zero-order valence-corrected chi connectivity index (χ0v) is 17.5. The Morgan fingerprint density at radius 3 is 1.58 bits per heavy atom. The zero-order chi connectivity index (χ0) is 23.4. The summed E-state index contributed by atoms with van der Waals surface area (Å²) in [4.78, 5) is 40.3. The van der Waals surface area contributed by atoms with Crippen LogP contribution in [0.15, 0.2) is 0 Å². The van der Waals surface area contributed by atoms with Crippen LogP contribution < -0.4 is 0 Å². The van der Waals surface area contributed by atoms with E-state index in [0.717, 1.165) is 0 Å². The second kappa shape index (κ2) is 14.2. The largest absolute Gasteiger partial charge is 0.480 e. The van der Waals surface area contributed by atoms with E-state index >= 15 is 0 Å². The van der Waals surface area contributed by atoms with Gasteiger partial charge < -0.3 is 30.6 Å². The Bertz CT molecular complexity index is 580. The minimum Gasteiger partial charge on any atom is -0.480 e. The van der Waals surface area contributed by atoms with Gasteiger partial charge in [0, 0.05) is 58.4 Å². The molecule has 1 aliphatic rings. The minimum absolute atomic E-state index is 0.0225. The van der Waals surface area contributed by atoms with Crippen molar-refractivity contribution in [3.05, 3.63) is 0 Å². The van der Waals surface area contributed by atoms with E-state index in [9.17, 15) is 39.9 Å². The summed E-state index contributed by atoms with van der Waals surface area (Å²) in [6.45, 7) is 0.0602. The van der Waals surface area contributed by atoms with Crippen molar-refractivity contribution in [2.45, 2.75) is 12.1 Å². The number of hydrogen-bond acceptors (Lipinski definition) is 10. The monoisotopic (exact) mass is 450 g/mol. The maximum atomic E-state index is 11.3. The summed E-state index contributed by atoms with van der Waals surface area (Å²) in [7, 11) is 0. The third-order valence-corrected chi connectivity index (χ3v) is 5.10. The smallest absolute Gasteiger partial charge is 0.317 e. The Labute approximate surface area is 180 Å². The molecule has 0 radical (unpaired) electrons. The summed E-state index contributed by atoms with van der Waals surface area (Å²) in [5, 5.41) is 56.6. The molecule has 1 aliphatic heterocycles. The van der Waals surface area contributed by atoms with E-state index in [1.54, 1.807) is 19.6 Å². The van der Waals surface area contributed by atoms with Crippen LogP contribution in [0.3, 0.4) is 0 Å². The number of carboxylic acids is 3. The predicted molar refractivity (Wildman–Crippen MR) is 108 cm³/mol. The molecule has 13 heteroatoms. The molecule has 1 heterocycles. The Balaban J connectivity index is 3.10. The maximum Gasteiger partial charge on any atom is 0.317 e. The number of nitrogens with zero attached hydrogens (tertiary/aromatic N) is 4. The highest BCUT2D eigenvalue weighted by molar-refractivity contribution is 5.69.